The zero-order valence-electron chi connectivity index (χ0n) is 11.5. The summed E-state index contributed by atoms with van der Waals surface area (Å²) in [5.74, 6) is 0. The molecule has 2 rings (SSSR count). The largest absolute Gasteiger partial charge is 0.399 e. The van der Waals surface area contributed by atoms with Crippen LogP contribution in [0.4, 0.5) is 5.69 Å². The van der Waals surface area contributed by atoms with Gasteiger partial charge in [0.2, 0.25) is 10.0 Å². The Morgan fingerprint density at radius 2 is 1.95 bits per heavy atom. The van der Waals surface area contributed by atoms with E-state index in [4.69, 9.17) is 5.73 Å². The minimum Gasteiger partial charge on any atom is -0.399 e. The van der Waals surface area contributed by atoms with Crippen LogP contribution in [-0.4, -0.2) is 24.7 Å². The van der Waals surface area contributed by atoms with Gasteiger partial charge in [-0.15, -0.1) is 0 Å². The minimum absolute atomic E-state index is 0.220. The summed E-state index contributed by atoms with van der Waals surface area (Å²) in [6.07, 6.45) is 1.97. The van der Waals surface area contributed by atoms with Crippen molar-refractivity contribution in [2.75, 3.05) is 12.3 Å². The number of benzene rings is 1. The van der Waals surface area contributed by atoms with Gasteiger partial charge < -0.3 is 5.73 Å². The smallest absolute Gasteiger partial charge is 0.243 e. The van der Waals surface area contributed by atoms with Crippen LogP contribution in [0.1, 0.15) is 11.3 Å². The molecule has 0 amide bonds. The molecule has 0 saturated carbocycles. The van der Waals surface area contributed by atoms with Gasteiger partial charge in [0.1, 0.15) is 4.90 Å². The lowest BCUT2D eigenvalue weighted by atomic mass is 10.1. The molecule has 7 heteroatoms. The SMILES string of the molecule is Cc1c(S(=O)(=O)NCCc2ccc(N)cc2)cnn1C. The van der Waals surface area contributed by atoms with Crippen LogP contribution in [0, 0.1) is 6.92 Å². The molecule has 0 unspecified atom stereocenters. The van der Waals surface area contributed by atoms with Crippen LogP contribution in [0.3, 0.4) is 0 Å². The van der Waals surface area contributed by atoms with Crippen molar-refractivity contribution in [3.63, 3.8) is 0 Å². The Balaban J connectivity index is 2.00. The second-order valence-electron chi connectivity index (χ2n) is 4.61. The number of sulfonamides is 1. The van der Waals surface area contributed by atoms with Crippen molar-refractivity contribution in [2.24, 2.45) is 7.05 Å². The van der Waals surface area contributed by atoms with Crippen LogP contribution in [-0.2, 0) is 23.5 Å². The highest BCUT2D eigenvalue weighted by atomic mass is 32.2. The van der Waals surface area contributed by atoms with E-state index in [9.17, 15) is 8.42 Å². The van der Waals surface area contributed by atoms with E-state index in [0.29, 0.717) is 24.3 Å². The molecule has 2 aromatic rings. The first-order valence-electron chi connectivity index (χ1n) is 6.23. The molecule has 20 heavy (non-hydrogen) atoms. The average molecular weight is 294 g/mol. The van der Waals surface area contributed by atoms with Crippen LogP contribution < -0.4 is 10.5 Å². The van der Waals surface area contributed by atoms with E-state index in [0.717, 1.165) is 5.56 Å². The number of nitrogens with two attached hydrogens (primary N) is 1. The molecule has 0 saturated heterocycles. The molecule has 1 aromatic heterocycles. The highest BCUT2D eigenvalue weighted by Gasteiger charge is 2.19. The number of rotatable bonds is 5. The Labute approximate surface area is 118 Å². The number of nitrogens with one attached hydrogen (secondary N) is 1. The molecule has 0 atom stereocenters. The van der Waals surface area contributed by atoms with Gasteiger partial charge in [-0.2, -0.15) is 5.10 Å². The van der Waals surface area contributed by atoms with E-state index >= 15 is 0 Å². The first kappa shape index (κ1) is 14.5. The van der Waals surface area contributed by atoms with E-state index in [1.54, 1.807) is 26.1 Å². The molecule has 108 valence electrons. The Morgan fingerprint density at radius 1 is 1.30 bits per heavy atom. The lowest BCUT2D eigenvalue weighted by molar-refractivity contribution is 0.580. The fourth-order valence-corrected chi connectivity index (χ4v) is 3.07. The van der Waals surface area contributed by atoms with Gasteiger partial charge in [0.05, 0.1) is 11.9 Å². The topological polar surface area (TPSA) is 90.0 Å². The van der Waals surface area contributed by atoms with Crippen LogP contribution in [0.5, 0.6) is 0 Å². The molecule has 0 bridgehead atoms. The third-order valence-electron chi connectivity index (χ3n) is 3.17. The molecule has 0 aliphatic carbocycles. The van der Waals surface area contributed by atoms with Crippen LogP contribution in [0.25, 0.3) is 0 Å². The van der Waals surface area contributed by atoms with Gasteiger partial charge in [-0.1, -0.05) is 12.1 Å². The molecule has 0 aliphatic heterocycles. The third kappa shape index (κ3) is 3.17. The van der Waals surface area contributed by atoms with Crippen molar-refractivity contribution in [2.45, 2.75) is 18.2 Å². The number of aromatic nitrogens is 2. The maximum absolute atomic E-state index is 12.1. The molecular formula is C13H18N4O2S. The Bertz CT molecular complexity index is 690. The summed E-state index contributed by atoms with van der Waals surface area (Å²) in [4.78, 5) is 0.220. The predicted molar refractivity (Wildman–Crippen MR) is 77.7 cm³/mol. The van der Waals surface area contributed by atoms with Crippen molar-refractivity contribution in [1.29, 1.82) is 0 Å². The lowest BCUT2D eigenvalue weighted by Crippen LogP contribution is -2.26. The van der Waals surface area contributed by atoms with E-state index in [-0.39, 0.29) is 4.90 Å². The predicted octanol–water partition coefficient (Wildman–Crippen LogP) is 0.832. The summed E-state index contributed by atoms with van der Waals surface area (Å²) in [6.45, 7) is 2.06. The summed E-state index contributed by atoms with van der Waals surface area (Å²) in [7, 11) is -1.80. The maximum atomic E-state index is 12.1. The van der Waals surface area contributed by atoms with Crippen molar-refractivity contribution < 1.29 is 8.42 Å². The molecule has 0 aliphatic rings. The zero-order chi connectivity index (χ0) is 14.8. The monoisotopic (exact) mass is 294 g/mol. The quantitative estimate of drug-likeness (QED) is 0.799. The van der Waals surface area contributed by atoms with Gasteiger partial charge in [0, 0.05) is 19.3 Å². The molecular weight excluding hydrogens is 276 g/mol. The number of anilines is 1. The molecule has 0 radical (unpaired) electrons. The summed E-state index contributed by atoms with van der Waals surface area (Å²) < 4.78 is 28.4. The van der Waals surface area contributed by atoms with Gasteiger partial charge >= 0.3 is 0 Å². The summed E-state index contributed by atoms with van der Waals surface area (Å²) in [5, 5.41) is 3.94. The standard InChI is InChI=1S/C13H18N4O2S/c1-10-13(9-15-17(10)2)20(18,19)16-8-7-11-3-5-12(14)6-4-11/h3-6,9,16H,7-8,14H2,1-2H3. The first-order chi connectivity index (χ1) is 9.40. The summed E-state index contributed by atoms with van der Waals surface area (Å²) >= 11 is 0. The Morgan fingerprint density at radius 3 is 2.50 bits per heavy atom. The maximum Gasteiger partial charge on any atom is 0.243 e. The van der Waals surface area contributed by atoms with Gasteiger partial charge in [-0.3, -0.25) is 4.68 Å². The van der Waals surface area contributed by atoms with Crippen LogP contribution in [0.15, 0.2) is 35.4 Å². The number of nitrogens with zero attached hydrogens (tertiary/aromatic N) is 2. The number of nitrogen functional groups attached to an aromatic ring is 1. The fourth-order valence-electron chi connectivity index (χ4n) is 1.83. The van der Waals surface area contributed by atoms with E-state index in [1.807, 2.05) is 12.1 Å². The molecule has 1 heterocycles. The Hall–Kier alpha value is -1.86. The van der Waals surface area contributed by atoms with Crippen molar-refractivity contribution in [3.05, 3.63) is 41.7 Å². The van der Waals surface area contributed by atoms with Crippen LogP contribution in [0.2, 0.25) is 0 Å². The highest BCUT2D eigenvalue weighted by Crippen LogP contribution is 2.13. The molecule has 1 aromatic carbocycles. The van der Waals surface area contributed by atoms with Crippen molar-refractivity contribution >= 4 is 15.7 Å². The molecule has 0 fully saturated rings. The second-order valence-corrected chi connectivity index (χ2v) is 6.34. The molecule has 3 N–H and O–H groups in total. The molecule has 6 nitrogen and oxygen atoms in total. The fraction of sp³-hybridized carbons (Fsp3) is 0.308. The van der Waals surface area contributed by atoms with Gasteiger partial charge in [-0.05, 0) is 31.0 Å². The second kappa shape index (κ2) is 5.64. The van der Waals surface area contributed by atoms with Gasteiger partial charge in [-0.25, -0.2) is 13.1 Å². The van der Waals surface area contributed by atoms with Gasteiger partial charge in [0.15, 0.2) is 0 Å². The highest BCUT2D eigenvalue weighted by molar-refractivity contribution is 7.89. The van der Waals surface area contributed by atoms with Gasteiger partial charge in [0.25, 0.3) is 0 Å². The van der Waals surface area contributed by atoms with Crippen molar-refractivity contribution in [1.82, 2.24) is 14.5 Å². The van der Waals surface area contributed by atoms with E-state index in [2.05, 4.69) is 9.82 Å². The van der Waals surface area contributed by atoms with Crippen molar-refractivity contribution in [3.8, 4) is 0 Å². The van der Waals surface area contributed by atoms with E-state index in [1.165, 1.54) is 10.9 Å². The molecule has 0 spiro atoms. The average Bonchev–Trinajstić information content (AvgIpc) is 2.73. The Kier molecular flexibility index (Phi) is 4.10. The normalized spacial score (nSPS) is 11.7. The summed E-state index contributed by atoms with van der Waals surface area (Å²) in [6, 6.07) is 7.38. The number of hydrogen-bond donors (Lipinski definition) is 2. The summed E-state index contributed by atoms with van der Waals surface area (Å²) in [5.41, 5.74) is 7.94. The number of hydrogen-bond acceptors (Lipinski definition) is 4. The lowest BCUT2D eigenvalue weighted by Gasteiger charge is -2.06. The zero-order valence-corrected chi connectivity index (χ0v) is 12.3. The third-order valence-corrected chi connectivity index (χ3v) is 4.73. The number of aryl methyl sites for hydroxylation is 1. The van der Waals surface area contributed by atoms with E-state index < -0.39 is 10.0 Å². The van der Waals surface area contributed by atoms with Crippen LogP contribution >= 0.6 is 0 Å². The first-order valence-corrected chi connectivity index (χ1v) is 7.71. The minimum atomic E-state index is -3.51.